The zero-order chi connectivity index (χ0) is 19.2. The molecule has 1 aromatic carbocycles. The van der Waals surface area contributed by atoms with Gasteiger partial charge in [-0.3, -0.25) is 4.90 Å². The molecule has 0 bridgehead atoms. The van der Waals surface area contributed by atoms with Crippen molar-refractivity contribution < 1.29 is 14.6 Å². The van der Waals surface area contributed by atoms with Crippen LogP contribution in [0, 0.1) is 0 Å². The molecule has 0 saturated carbocycles. The van der Waals surface area contributed by atoms with Gasteiger partial charge in [-0.05, 0) is 26.7 Å². The molecule has 2 rings (SSSR count). The molecule has 1 saturated heterocycles. The number of aliphatic hydroxyl groups is 1. The number of cyclic esters (lactones) is 1. The Balaban J connectivity index is 1.99. The van der Waals surface area contributed by atoms with Gasteiger partial charge in [-0.15, -0.1) is 0 Å². The van der Waals surface area contributed by atoms with Crippen LogP contribution in [0.4, 0.5) is 4.79 Å². The SMILES string of the molecule is CCCCCCCC(N)CCN1C(=O)OC(C)(C)C1(O)c1ccccc1. The van der Waals surface area contributed by atoms with E-state index in [1.165, 1.54) is 30.6 Å². The lowest BCUT2D eigenvalue weighted by Crippen LogP contribution is -2.53. The third kappa shape index (κ3) is 4.38. The second kappa shape index (κ2) is 8.87. The largest absolute Gasteiger partial charge is 0.438 e. The Morgan fingerprint density at radius 1 is 1.12 bits per heavy atom. The van der Waals surface area contributed by atoms with Crippen LogP contribution in [-0.2, 0) is 10.5 Å². The quantitative estimate of drug-likeness (QED) is 0.613. The van der Waals surface area contributed by atoms with E-state index >= 15 is 0 Å². The zero-order valence-electron chi connectivity index (χ0n) is 16.4. The first kappa shape index (κ1) is 20.7. The monoisotopic (exact) mass is 362 g/mol. The van der Waals surface area contributed by atoms with Gasteiger partial charge >= 0.3 is 6.09 Å². The molecule has 5 heteroatoms. The van der Waals surface area contributed by atoms with Crippen LogP contribution in [0.25, 0.3) is 0 Å². The summed E-state index contributed by atoms with van der Waals surface area (Å²) in [6.45, 7) is 6.07. The zero-order valence-corrected chi connectivity index (χ0v) is 16.4. The smallest absolute Gasteiger partial charge is 0.413 e. The number of hydrogen-bond donors (Lipinski definition) is 2. The van der Waals surface area contributed by atoms with E-state index in [4.69, 9.17) is 10.5 Å². The fraction of sp³-hybridized carbons (Fsp3) is 0.667. The van der Waals surface area contributed by atoms with Gasteiger partial charge in [-0.1, -0.05) is 69.4 Å². The Bertz CT molecular complexity index is 576. The maximum Gasteiger partial charge on any atom is 0.413 e. The predicted octanol–water partition coefficient (Wildman–Crippen LogP) is 4.14. The maximum atomic E-state index is 12.4. The average Bonchev–Trinajstić information content (AvgIpc) is 2.79. The van der Waals surface area contributed by atoms with Gasteiger partial charge in [0.15, 0.2) is 5.60 Å². The van der Waals surface area contributed by atoms with Crippen molar-refractivity contribution in [2.24, 2.45) is 5.73 Å². The molecular formula is C21H34N2O3. The van der Waals surface area contributed by atoms with Crippen molar-refractivity contribution in [3.8, 4) is 0 Å². The van der Waals surface area contributed by atoms with E-state index in [1.807, 2.05) is 30.3 Å². The Hall–Kier alpha value is -1.59. The molecule has 1 heterocycles. The molecule has 0 spiro atoms. The summed E-state index contributed by atoms with van der Waals surface area (Å²) >= 11 is 0. The molecule has 26 heavy (non-hydrogen) atoms. The molecule has 2 atom stereocenters. The standard InChI is InChI=1S/C21H34N2O3/c1-4-5-6-7-11-14-18(22)15-16-23-19(24)26-20(2,3)21(23,25)17-12-9-8-10-13-17/h8-10,12-13,18,25H,4-7,11,14-16,22H2,1-3H3. The first-order valence-corrected chi connectivity index (χ1v) is 9.87. The van der Waals surface area contributed by atoms with Gasteiger partial charge in [0.2, 0.25) is 5.72 Å². The number of unbranched alkanes of at least 4 members (excludes halogenated alkanes) is 4. The van der Waals surface area contributed by atoms with Crippen LogP contribution in [0.2, 0.25) is 0 Å². The van der Waals surface area contributed by atoms with Crippen LogP contribution in [0.3, 0.4) is 0 Å². The number of ether oxygens (including phenoxy) is 1. The van der Waals surface area contributed by atoms with Crippen LogP contribution in [-0.4, -0.2) is 34.3 Å². The van der Waals surface area contributed by atoms with E-state index in [9.17, 15) is 9.90 Å². The second-order valence-corrected chi connectivity index (χ2v) is 7.82. The highest BCUT2D eigenvalue weighted by molar-refractivity contribution is 5.72. The second-order valence-electron chi connectivity index (χ2n) is 7.82. The molecule has 3 N–H and O–H groups in total. The highest BCUT2D eigenvalue weighted by Crippen LogP contribution is 2.44. The summed E-state index contributed by atoms with van der Waals surface area (Å²) in [5.74, 6) is 0. The minimum Gasteiger partial charge on any atom is -0.438 e. The van der Waals surface area contributed by atoms with Crippen molar-refractivity contribution in [2.75, 3.05) is 6.54 Å². The summed E-state index contributed by atoms with van der Waals surface area (Å²) < 4.78 is 5.49. The molecule has 146 valence electrons. The van der Waals surface area contributed by atoms with Gasteiger partial charge in [0.1, 0.15) is 0 Å². The summed E-state index contributed by atoms with van der Waals surface area (Å²) in [6, 6.07) is 9.26. The van der Waals surface area contributed by atoms with Gasteiger partial charge in [-0.25, -0.2) is 4.79 Å². The first-order valence-electron chi connectivity index (χ1n) is 9.87. The Labute approximate surface area is 157 Å². The summed E-state index contributed by atoms with van der Waals surface area (Å²) in [4.78, 5) is 13.9. The molecule has 1 amide bonds. The van der Waals surface area contributed by atoms with Crippen molar-refractivity contribution in [3.05, 3.63) is 35.9 Å². The minimum atomic E-state index is -1.49. The summed E-state index contributed by atoms with van der Waals surface area (Å²) in [5.41, 5.74) is 4.38. The number of benzene rings is 1. The normalized spacial score (nSPS) is 23.1. The number of hydrogen-bond acceptors (Lipinski definition) is 4. The van der Waals surface area contributed by atoms with E-state index in [0.717, 1.165) is 12.8 Å². The van der Waals surface area contributed by atoms with Crippen molar-refractivity contribution in [3.63, 3.8) is 0 Å². The topological polar surface area (TPSA) is 75.8 Å². The predicted molar refractivity (Wildman–Crippen MR) is 104 cm³/mol. The molecule has 0 aromatic heterocycles. The van der Waals surface area contributed by atoms with Gasteiger partial charge in [0.25, 0.3) is 0 Å². The molecule has 1 aliphatic heterocycles. The highest BCUT2D eigenvalue weighted by Gasteiger charge is 2.60. The lowest BCUT2D eigenvalue weighted by Gasteiger charge is -2.39. The highest BCUT2D eigenvalue weighted by atomic mass is 16.6. The molecule has 0 aliphatic carbocycles. The van der Waals surface area contributed by atoms with Gasteiger partial charge in [-0.2, -0.15) is 0 Å². The number of nitrogens with zero attached hydrogens (tertiary/aromatic N) is 1. The van der Waals surface area contributed by atoms with Crippen LogP contribution in [0.15, 0.2) is 30.3 Å². The lowest BCUT2D eigenvalue weighted by molar-refractivity contribution is -0.149. The van der Waals surface area contributed by atoms with Crippen LogP contribution in [0.1, 0.15) is 71.3 Å². The number of nitrogens with two attached hydrogens (primary N) is 1. The number of rotatable bonds is 10. The van der Waals surface area contributed by atoms with Crippen molar-refractivity contribution >= 4 is 6.09 Å². The van der Waals surface area contributed by atoms with Crippen molar-refractivity contribution in [1.29, 1.82) is 0 Å². The van der Waals surface area contributed by atoms with E-state index in [1.54, 1.807) is 13.8 Å². The van der Waals surface area contributed by atoms with E-state index in [0.29, 0.717) is 18.5 Å². The van der Waals surface area contributed by atoms with Crippen LogP contribution >= 0.6 is 0 Å². The molecular weight excluding hydrogens is 328 g/mol. The van der Waals surface area contributed by atoms with Crippen LogP contribution in [0.5, 0.6) is 0 Å². The summed E-state index contributed by atoms with van der Waals surface area (Å²) in [7, 11) is 0. The summed E-state index contributed by atoms with van der Waals surface area (Å²) in [6.07, 6.45) is 7.17. The molecule has 1 aromatic rings. The van der Waals surface area contributed by atoms with E-state index in [-0.39, 0.29) is 6.04 Å². The fourth-order valence-electron chi connectivity index (χ4n) is 3.68. The number of carbonyl (C=O) groups is 1. The van der Waals surface area contributed by atoms with E-state index in [2.05, 4.69) is 6.92 Å². The van der Waals surface area contributed by atoms with E-state index < -0.39 is 17.4 Å². The first-order chi connectivity index (χ1) is 12.3. The number of amides is 1. The van der Waals surface area contributed by atoms with Crippen molar-refractivity contribution in [1.82, 2.24) is 4.90 Å². The van der Waals surface area contributed by atoms with Gasteiger partial charge in [0, 0.05) is 18.2 Å². The molecule has 1 fully saturated rings. The third-order valence-corrected chi connectivity index (χ3v) is 5.37. The lowest BCUT2D eigenvalue weighted by atomic mass is 9.87. The maximum absolute atomic E-state index is 12.4. The van der Waals surface area contributed by atoms with Crippen LogP contribution < -0.4 is 5.73 Å². The van der Waals surface area contributed by atoms with Gasteiger partial charge in [0.05, 0.1) is 0 Å². The fourth-order valence-corrected chi connectivity index (χ4v) is 3.68. The third-order valence-electron chi connectivity index (χ3n) is 5.37. The molecule has 2 unspecified atom stereocenters. The Kier molecular flexibility index (Phi) is 7.07. The average molecular weight is 363 g/mol. The van der Waals surface area contributed by atoms with Crippen molar-refractivity contribution in [2.45, 2.75) is 83.1 Å². The molecule has 1 aliphatic rings. The molecule has 5 nitrogen and oxygen atoms in total. The Morgan fingerprint density at radius 3 is 2.42 bits per heavy atom. The van der Waals surface area contributed by atoms with Gasteiger partial charge < -0.3 is 15.6 Å². The Morgan fingerprint density at radius 2 is 1.77 bits per heavy atom. The number of carbonyl (C=O) groups excluding carboxylic acids is 1. The molecule has 0 radical (unpaired) electrons. The minimum absolute atomic E-state index is 0.0214. The summed E-state index contributed by atoms with van der Waals surface area (Å²) in [5, 5.41) is 11.4.